The molecule has 8 heteroatoms. The zero-order valence-electron chi connectivity index (χ0n) is 16.9. The third-order valence-corrected chi connectivity index (χ3v) is 4.14. The molecule has 0 bridgehead atoms. The molecule has 30 heavy (non-hydrogen) atoms. The highest BCUT2D eigenvalue weighted by Gasteiger charge is 2.11. The molecule has 0 atom stereocenters. The maximum absolute atomic E-state index is 12.2. The number of para-hydroxylation sites is 1. The van der Waals surface area contributed by atoms with Gasteiger partial charge in [0.2, 0.25) is 0 Å². The summed E-state index contributed by atoms with van der Waals surface area (Å²) in [5, 5.41) is 8.92. The first-order valence-corrected chi connectivity index (χ1v) is 9.22. The van der Waals surface area contributed by atoms with Gasteiger partial charge in [-0.2, -0.15) is 5.10 Å². The number of rotatable bonds is 8. The first-order valence-electron chi connectivity index (χ1n) is 9.22. The molecule has 0 aromatic heterocycles. The fourth-order valence-electron chi connectivity index (χ4n) is 2.39. The quantitative estimate of drug-likeness (QED) is 0.269. The van der Waals surface area contributed by atoms with Gasteiger partial charge in [-0.05, 0) is 43.2 Å². The number of anilines is 1. The van der Waals surface area contributed by atoms with Crippen LogP contribution in [0.4, 0.5) is 5.69 Å². The molecule has 8 nitrogen and oxygen atoms in total. The number of nitrogens with zero attached hydrogens (tertiary/aromatic N) is 1. The number of aryl methyl sites for hydroxylation is 1. The molecule has 2 rings (SSSR count). The van der Waals surface area contributed by atoms with Crippen LogP contribution in [0.1, 0.15) is 16.7 Å². The van der Waals surface area contributed by atoms with Crippen LogP contribution in [-0.2, 0) is 14.4 Å². The van der Waals surface area contributed by atoms with Gasteiger partial charge in [-0.25, -0.2) is 5.43 Å². The van der Waals surface area contributed by atoms with Crippen molar-refractivity contribution in [2.45, 2.75) is 13.8 Å². The van der Waals surface area contributed by atoms with Crippen LogP contribution in [0.5, 0.6) is 5.75 Å². The molecular formula is C22H24N4O4. The van der Waals surface area contributed by atoms with Crippen molar-refractivity contribution in [1.29, 1.82) is 0 Å². The molecule has 0 aliphatic heterocycles. The highest BCUT2D eigenvalue weighted by Crippen LogP contribution is 2.19. The zero-order chi connectivity index (χ0) is 21.9. The van der Waals surface area contributed by atoms with Crippen LogP contribution in [0.25, 0.3) is 0 Å². The molecule has 0 aliphatic carbocycles. The largest absolute Gasteiger partial charge is 0.483 e. The summed E-state index contributed by atoms with van der Waals surface area (Å²) in [6, 6.07) is 12.5. The maximum Gasteiger partial charge on any atom is 0.329 e. The van der Waals surface area contributed by atoms with Gasteiger partial charge < -0.3 is 15.4 Å². The number of nitrogens with one attached hydrogen (secondary N) is 3. The smallest absolute Gasteiger partial charge is 0.329 e. The monoisotopic (exact) mass is 408 g/mol. The maximum atomic E-state index is 12.2. The summed E-state index contributed by atoms with van der Waals surface area (Å²) >= 11 is 0. The molecule has 2 aromatic rings. The first kappa shape index (κ1) is 22.4. The summed E-state index contributed by atoms with van der Waals surface area (Å²) in [5.41, 5.74) is 5.46. The Labute approximate surface area is 175 Å². The molecule has 0 heterocycles. The topological polar surface area (TPSA) is 109 Å². The van der Waals surface area contributed by atoms with E-state index in [0.717, 1.165) is 16.8 Å². The molecule has 2 aromatic carbocycles. The van der Waals surface area contributed by atoms with E-state index in [1.807, 2.05) is 32.0 Å². The average molecular weight is 408 g/mol. The van der Waals surface area contributed by atoms with Crippen molar-refractivity contribution in [1.82, 2.24) is 10.7 Å². The zero-order valence-corrected chi connectivity index (χ0v) is 16.9. The Morgan fingerprint density at radius 2 is 1.83 bits per heavy atom. The molecule has 0 saturated carbocycles. The van der Waals surface area contributed by atoms with Gasteiger partial charge in [-0.1, -0.05) is 30.3 Å². The van der Waals surface area contributed by atoms with Crippen molar-refractivity contribution in [2.75, 3.05) is 18.5 Å². The van der Waals surface area contributed by atoms with Crippen molar-refractivity contribution in [3.8, 4) is 5.75 Å². The minimum Gasteiger partial charge on any atom is -0.483 e. The van der Waals surface area contributed by atoms with E-state index < -0.39 is 11.8 Å². The van der Waals surface area contributed by atoms with Gasteiger partial charge in [0, 0.05) is 17.8 Å². The SMILES string of the molecule is C=CCNC(=O)C(=O)N/N=C\c1ccccc1OCC(=O)Nc1cccc(C)c1C. The van der Waals surface area contributed by atoms with Gasteiger partial charge in [-0.3, -0.25) is 14.4 Å². The second kappa shape index (κ2) is 11.2. The Morgan fingerprint density at radius 1 is 1.07 bits per heavy atom. The Hall–Kier alpha value is -3.94. The molecule has 0 fully saturated rings. The fourth-order valence-corrected chi connectivity index (χ4v) is 2.39. The third-order valence-electron chi connectivity index (χ3n) is 4.14. The minimum absolute atomic E-state index is 0.177. The first-order chi connectivity index (χ1) is 14.4. The van der Waals surface area contributed by atoms with Crippen molar-refractivity contribution >= 4 is 29.6 Å². The molecule has 3 N–H and O–H groups in total. The average Bonchev–Trinajstić information content (AvgIpc) is 2.74. The molecule has 0 unspecified atom stereocenters. The molecule has 0 radical (unpaired) electrons. The van der Waals surface area contributed by atoms with E-state index in [4.69, 9.17) is 4.74 Å². The van der Waals surface area contributed by atoms with Crippen molar-refractivity contribution < 1.29 is 19.1 Å². The van der Waals surface area contributed by atoms with E-state index >= 15 is 0 Å². The van der Waals surface area contributed by atoms with Gasteiger partial charge in [0.05, 0.1) is 6.21 Å². The Kier molecular flexibility index (Phi) is 8.31. The number of ether oxygens (including phenoxy) is 1. The minimum atomic E-state index is -0.903. The van der Waals surface area contributed by atoms with Crippen LogP contribution in [0.3, 0.4) is 0 Å². The molecule has 3 amide bonds. The Balaban J connectivity index is 1.94. The van der Waals surface area contributed by atoms with Crippen LogP contribution in [0.15, 0.2) is 60.2 Å². The molecule has 0 saturated heterocycles. The number of carbonyl (C=O) groups excluding carboxylic acids is 3. The standard InChI is InChI=1S/C22H24N4O4/c1-4-12-23-21(28)22(29)26-24-13-17-9-5-6-11-19(17)30-14-20(27)25-18-10-7-8-15(2)16(18)3/h4-11,13H,1,12,14H2,2-3H3,(H,23,28)(H,25,27)(H,26,29)/b24-13-. The number of hydrazone groups is 1. The van der Waals surface area contributed by atoms with E-state index in [1.54, 1.807) is 24.3 Å². The van der Waals surface area contributed by atoms with Crippen LogP contribution in [-0.4, -0.2) is 37.1 Å². The van der Waals surface area contributed by atoms with Crippen molar-refractivity contribution in [3.63, 3.8) is 0 Å². The van der Waals surface area contributed by atoms with Crippen LogP contribution in [0.2, 0.25) is 0 Å². The van der Waals surface area contributed by atoms with Crippen LogP contribution in [0, 0.1) is 13.8 Å². The van der Waals surface area contributed by atoms with Gasteiger partial charge in [0.15, 0.2) is 6.61 Å². The number of amides is 3. The molecule has 0 aliphatic rings. The molecule has 0 spiro atoms. The van der Waals surface area contributed by atoms with Crippen LogP contribution < -0.4 is 20.8 Å². The van der Waals surface area contributed by atoms with Crippen LogP contribution >= 0.6 is 0 Å². The Bertz CT molecular complexity index is 969. The van der Waals surface area contributed by atoms with Gasteiger partial charge >= 0.3 is 11.8 Å². The fraction of sp³-hybridized carbons (Fsp3) is 0.182. The number of benzene rings is 2. The highest BCUT2D eigenvalue weighted by atomic mass is 16.5. The summed E-state index contributed by atoms with van der Waals surface area (Å²) in [6.07, 6.45) is 2.79. The Morgan fingerprint density at radius 3 is 2.60 bits per heavy atom. The highest BCUT2D eigenvalue weighted by molar-refractivity contribution is 6.35. The lowest BCUT2D eigenvalue weighted by Gasteiger charge is -2.12. The molecule has 156 valence electrons. The van der Waals surface area contributed by atoms with E-state index in [-0.39, 0.29) is 19.1 Å². The van der Waals surface area contributed by atoms with Gasteiger partial charge in [0.1, 0.15) is 5.75 Å². The number of hydrogen-bond donors (Lipinski definition) is 3. The summed E-state index contributed by atoms with van der Waals surface area (Å²) < 4.78 is 5.59. The summed E-state index contributed by atoms with van der Waals surface area (Å²) in [7, 11) is 0. The summed E-state index contributed by atoms with van der Waals surface area (Å²) in [6.45, 7) is 7.33. The molecular weight excluding hydrogens is 384 g/mol. The van der Waals surface area contributed by atoms with E-state index in [0.29, 0.717) is 11.3 Å². The van der Waals surface area contributed by atoms with Crippen molar-refractivity contribution in [2.24, 2.45) is 5.10 Å². The summed E-state index contributed by atoms with van der Waals surface area (Å²) in [5.74, 6) is -1.62. The number of hydrogen-bond acceptors (Lipinski definition) is 5. The van der Waals surface area contributed by atoms with Crippen molar-refractivity contribution in [3.05, 3.63) is 71.8 Å². The lowest BCUT2D eigenvalue weighted by atomic mass is 10.1. The lowest BCUT2D eigenvalue weighted by molar-refractivity contribution is -0.139. The second-order valence-corrected chi connectivity index (χ2v) is 6.32. The predicted molar refractivity (Wildman–Crippen MR) is 115 cm³/mol. The van der Waals surface area contributed by atoms with E-state index in [9.17, 15) is 14.4 Å². The van der Waals surface area contributed by atoms with Gasteiger partial charge in [0.25, 0.3) is 5.91 Å². The predicted octanol–water partition coefficient (Wildman–Crippen LogP) is 2.07. The summed E-state index contributed by atoms with van der Waals surface area (Å²) in [4.78, 5) is 35.3. The second-order valence-electron chi connectivity index (χ2n) is 6.32. The van der Waals surface area contributed by atoms with E-state index in [2.05, 4.69) is 27.7 Å². The number of carbonyl (C=O) groups is 3. The normalized spacial score (nSPS) is 10.3. The third kappa shape index (κ3) is 6.59. The van der Waals surface area contributed by atoms with E-state index in [1.165, 1.54) is 12.3 Å². The lowest BCUT2D eigenvalue weighted by Crippen LogP contribution is -2.37. The van der Waals surface area contributed by atoms with Gasteiger partial charge in [-0.15, -0.1) is 6.58 Å².